The summed E-state index contributed by atoms with van der Waals surface area (Å²) in [5, 5.41) is 0. The highest BCUT2D eigenvalue weighted by Gasteiger charge is 2.31. The van der Waals surface area contributed by atoms with Gasteiger partial charge in [-0.25, -0.2) is 4.79 Å². The van der Waals surface area contributed by atoms with E-state index in [0.717, 1.165) is 25.8 Å². The van der Waals surface area contributed by atoms with Crippen LogP contribution < -0.4 is 0 Å². The van der Waals surface area contributed by atoms with Gasteiger partial charge in [0.05, 0.1) is 7.11 Å². The van der Waals surface area contributed by atoms with Gasteiger partial charge in [0.25, 0.3) is 0 Å². The molecule has 0 bridgehead atoms. The third-order valence-corrected chi connectivity index (χ3v) is 4.72. The van der Waals surface area contributed by atoms with Crippen LogP contribution in [0.25, 0.3) is 0 Å². The molecule has 5 heteroatoms. The Morgan fingerprint density at radius 3 is 2.41 bits per heavy atom. The number of likely N-dealkylation sites (tertiary alicyclic amines) is 1. The van der Waals surface area contributed by atoms with Crippen molar-refractivity contribution in [2.24, 2.45) is 5.92 Å². The maximum atomic E-state index is 12.7. The molecule has 2 aliphatic heterocycles. The summed E-state index contributed by atoms with van der Waals surface area (Å²) in [4.78, 5) is 27.8. The maximum Gasteiger partial charge on any atom is 0.409 e. The van der Waals surface area contributed by atoms with Gasteiger partial charge < -0.3 is 14.5 Å². The highest BCUT2D eigenvalue weighted by Crippen LogP contribution is 2.24. The van der Waals surface area contributed by atoms with Crippen molar-refractivity contribution < 1.29 is 14.3 Å². The molecule has 0 atom stereocenters. The molecular weight excluding hydrogens is 280 g/mol. The van der Waals surface area contributed by atoms with Crippen LogP contribution in [0, 0.1) is 5.92 Å². The first-order chi connectivity index (χ1) is 10.7. The van der Waals surface area contributed by atoms with Crippen molar-refractivity contribution in [3.05, 3.63) is 35.4 Å². The van der Waals surface area contributed by atoms with Crippen LogP contribution in [0.15, 0.2) is 24.3 Å². The number of carbonyl (C=O) groups is 2. The van der Waals surface area contributed by atoms with Gasteiger partial charge in [-0.2, -0.15) is 0 Å². The molecule has 2 heterocycles. The van der Waals surface area contributed by atoms with Crippen LogP contribution in [-0.4, -0.2) is 48.5 Å². The van der Waals surface area contributed by atoms with E-state index in [1.165, 1.54) is 18.2 Å². The van der Waals surface area contributed by atoms with Crippen molar-refractivity contribution in [3.63, 3.8) is 0 Å². The van der Waals surface area contributed by atoms with E-state index in [-0.39, 0.29) is 17.9 Å². The summed E-state index contributed by atoms with van der Waals surface area (Å²) in [5.74, 6) is 0.269. The minimum absolute atomic E-state index is 0.0335. The zero-order valence-corrected chi connectivity index (χ0v) is 13.0. The fraction of sp³-hybridized carbons (Fsp3) is 0.529. The molecule has 0 N–H and O–H groups in total. The summed E-state index contributed by atoms with van der Waals surface area (Å²) in [5.41, 5.74) is 2.61. The summed E-state index contributed by atoms with van der Waals surface area (Å²) in [6.07, 6.45) is 2.10. The molecule has 0 aromatic heterocycles. The van der Waals surface area contributed by atoms with Crippen molar-refractivity contribution in [1.82, 2.24) is 9.80 Å². The van der Waals surface area contributed by atoms with Gasteiger partial charge in [-0.15, -0.1) is 0 Å². The minimum atomic E-state index is -0.294. The van der Waals surface area contributed by atoms with Crippen LogP contribution in [-0.2, 0) is 22.5 Å². The molecule has 5 nitrogen and oxygen atoms in total. The third-order valence-electron chi connectivity index (χ3n) is 4.72. The van der Waals surface area contributed by atoms with E-state index in [2.05, 4.69) is 18.2 Å². The quantitative estimate of drug-likeness (QED) is 0.798. The number of methoxy groups -OCH3 is 1. The highest BCUT2D eigenvalue weighted by molar-refractivity contribution is 5.79. The number of benzene rings is 1. The first kappa shape index (κ1) is 14.9. The molecule has 0 aliphatic carbocycles. The predicted molar refractivity (Wildman–Crippen MR) is 82.3 cm³/mol. The Morgan fingerprint density at radius 2 is 1.73 bits per heavy atom. The second-order valence-corrected chi connectivity index (χ2v) is 6.01. The number of hydrogen-bond donors (Lipinski definition) is 0. The van der Waals surface area contributed by atoms with Gasteiger partial charge in [0.2, 0.25) is 5.91 Å². The average molecular weight is 302 g/mol. The van der Waals surface area contributed by atoms with Crippen molar-refractivity contribution in [1.29, 1.82) is 0 Å². The molecular formula is C17H22N2O3. The SMILES string of the molecule is COC(=O)N1CCC(C(=O)N2CCc3ccccc3C2)CC1. The normalized spacial score (nSPS) is 18.8. The Bertz CT molecular complexity index is 565. The second-order valence-electron chi connectivity index (χ2n) is 6.01. The smallest absolute Gasteiger partial charge is 0.409 e. The lowest BCUT2D eigenvalue weighted by molar-refractivity contribution is -0.137. The first-order valence-corrected chi connectivity index (χ1v) is 7.87. The number of nitrogens with zero attached hydrogens (tertiary/aromatic N) is 2. The zero-order valence-electron chi connectivity index (χ0n) is 13.0. The summed E-state index contributed by atoms with van der Waals surface area (Å²) < 4.78 is 4.73. The molecule has 1 saturated heterocycles. The summed E-state index contributed by atoms with van der Waals surface area (Å²) in [6.45, 7) is 2.72. The molecule has 0 saturated carbocycles. The molecule has 1 aromatic rings. The van der Waals surface area contributed by atoms with Gasteiger partial charge in [0, 0.05) is 32.1 Å². The molecule has 0 spiro atoms. The molecule has 118 valence electrons. The predicted octanol–water partition coefficient (Wildman–Crippen LogP) is 2.05. The number of piperidine rings is 1. The fourth-order valence-corrected chi connectivity index (χ4v) is 3.38. The molecule has 2 amide bonds. The number of rotatable bonds is 1. The number of fused-ring (bicyclic) bond motifs is 1. The summed E-state index contributed by atoms with van der Waals surface area (Å²) >= 11 is 0. The van der Waals surface area contributed by atoms with Crippen LogP contribution >= 0.6 is 0 Å². The lowest BCUT2D eigenvalue weighted by Gasteiger charge is -2.35. The van der Waals surface area contributed by atoms with Crippen molar-refractivity contribution >= 4 is 12.0 Å². The average Bonchev–Trinajstić information content (AvgIpc) is 2.60. The lowest BCUT2D eigenvalue weighted by Crippen LogP contribution is -2.45. The van der Waals surface area contributed by atoms with Crippen LogP contribution in [0.4, 0.5) is 4.79 Å². The van der Waals surface area contributed by atoms with Gasteiger partial charge >= 0.3 is 6.09 Å². The Hall–Kier alpha value is -2.04. The standard InChI is InChI=1S/C17H22N2O3/c1-22-17(21)18-9-7-14(8-10-18)16(20)19-11-6-13-4-2-3-5-15(13)12-19/h2-5,14H,6-12H2,1H3. The Labute approximate surface area is 130 Å². The Balaban J connectivity index is 1.58. The summed E-state index contributed by atoms with van der Waals surface area (Å²) in [6, 6.07) is 8.33. The van der Waals surface area contributed by atoms with E-state index in [1.807, 2.05) is 11.0 Å². The van der Waals surface area contributed by atoms with Gasteiger partial charge in [-0.1, -0.05) is 24.3 Å². The van der Waals surface area contributed by atoms with Crippen LogP contribution in [0.1, 0.15) is 24.0 Å². The van der Waals surface area contributed by atoms with Crippen LogP contribution in [0.5, 0.6) is 0 Å². The highest BCUT2D eigenvalue weighted by atomic mass is 16.5. The van der Waals surface area contributed by atoms with E-state index < -0.39 is 0 Å². The zero-order chi connectivity index (χ0) is 15.5. The molecule has 22 heavy (non-hydrogen) atoms. The minimum Gasteiger partial charge on any atom is -0.453 e. The van der Waals surface area contributed by atoms with Crippen molar-refractivity contribution in [2.45, 2.75) is 25.8 Å². The maximum absolute atomic E-state index is 12.7. The molecule has 1 aromatic carbocycles. The van der Waals surface area contributed by atoms with Crippen molar-refractivity contribution in [2.75, 3.05) is 26.7 Å². The number of carbonyl (C=O) groups excluding carboxylic acids is 2. The molecule has 3 rings (SSSR count). The second kappa shape index (κ2) is 6.38. The summed E-state index contributed by atoms with van der Waals surface area (Å²) in [7, 11) is 1.39. The van der Waals surface area contributed by atoms with Gasteiger partial charge in [-0.05, 0) is 30.4 Å². The Kier molecular flexibility index (Phi) is 4.32. The number of hydrogen-bond acceptors (Lipinski definition) is 3. The molecule has 0 radical (unpaired) electrons. The fourth-order valence-electron chi connectivity index (χ4n) is 3.38. The molecule has 1 fully saturated rings. The van der Waals surface area contributed by atoms with Gasteiger partial charge in [0.15, 0.2) is 0 Å². The van der Waals surface area contributed by atoms with Crippen LogP contribution in [0.3, 0.4) is 0 Å². The topological polar surface area (TPSA) is 49.9 Å². The van der Waals surface area contributed by atoms with Crippen LogP contribution in [0.2, 0.25) is 0 Å². The van der Waals surface area contributed by atoms with E-state index in [4.69, 9.17) is 4.74 Å². The molecule has 2 aliphatic rings. The third kappa shape index (κ3) is 2.93. The van der Waals surface area contributed by atoms with Crippen molar-refractivity contribution in [3.8, 4) is 0 Å². The number of ether oxygens (including phenoxy) is 1. The van der Waals surface area contributed by atoms with Gasteiger partial charge in [0.1, 0.15) is 0 Å². The Morgan fingerprint density at radius 1 is 1.05 bits per heavy atom. The molecule has 0 unspecified atom stereocenters. The van der Waals surface area contributed by atoms with Gasteiger partial charge in [-0.3, -0.25) is 4.79 Å². The van der Waals surface area contributed by atoms with E-state index in [9.17, 15) is 9.59 Å². The largest absolute Gasteiger partial charge is 0.453 e. The lowest BCUT2D eigenvalue weighted by atomic mass is 9.93. The first-order valence-electron chi connectivity index (χ1n) is 7.87. The van der Waals surface area contributed by atoms with E-state index in [0.29, 0.717) is 19.6 Å². The van der Waals surface area contributed by atoms with E-state index >= 15 is 0 Å². The monoisotopic (exact) mass is 302 g/mol. The van der Waals surface area contributed by atoms with E-state index in [1.54, 1.807) is 4.90 Å². The number of amides is 2.